The summed E-state index contributed by atoms with van der Waals surface area (Å²) in [5, 5.41) is 2.91. The fourth-order valence-electron chi connectivity index (χ4n) is 2.41. The van der Waals surface area contributed by atoms with Crippen molar-refractivity contribution in [3.05, 3.63) is 64.7 Å². The van der Waals surface area contributed by atoms with Gasteiger partial charge in [0.2, 0.25) is 10.0 Å². The molecule has 0 spiro atoms. The van der Waals surface area contributed by atoms with E-state index in [-0.39, 0.29) is 11.9 Å². The number of para-hydroxylation sites is 1. The summed E-state index contributed by atoms with van der Waals surface area (Å²) in [6.07, 6.45) is 1.10. The van der Waals surface area contributed by atoms with Crippen LogP contribution in [0.15, 0.2) is 42.5 Å². The van der Waals surface area contributed by atoms with Crippen molar-refractivity contribution in [2.45, 2.75) is 26.8 Å². The van der Waals surface area contributed by atoms with Crippen LogP contribution in [0.25, 0.3) is 0 Å². The van der Waals surface area contributed by atoms with Crippen LogP contribution >= 0.6 is 0 Å². The second kappa shape index (κ2) is 7.05. The highest BCUT2D eigenvalue weighted by molar-refractivity contribution is 7.92. The first-order valence-electron chi connectivity index (χ1n) is 7.62. The Morgan fingerprint density at radius 3 is 2.33 bits per heavy atom. The maximum Gasteiger partial charge on any atom is 0.251 e. The van der Waals surface area contributed by atoms with Gasteiger partial charge in [0.25, 0.3) is 5.91 Å². The smallest absolute Gasteiger partial charge is 0.251 e. The second-order valence-electron chi connectivity index (χ2n) is 5.96. The lowest BCUT2D eigenvalue weighted by Crippen LogP contribution is -2.27. The molecular formula is C18H22N2O3S. The quantitative estimate of drug-likeness (QED) is 0.873. The highest BCUT2D eigenvalue weighted by Crippen LogP contribution is 2.23. The molecule has 0 radical (unpaired) electrons. The summed E-state index contributed by atoms with van der Waals surface area (Å²) in [5.74, 6) is -0.195. The number of rotatable bonds is 5. The summed E-state index contributed by atoms with van der Waals surface area (Å²) in [7, 11) is -3.39. The minimum atomic E-state index is -3.39. The Balaban J connectivity index is 2.22. The van der Waals surface area contributed by atoms with Gasteiger partial charge in [-0.15, -0.1) is 0 Å². The normalized spacial score (nSPS) is 12.5. The molecule has 0 heterocycles. The van der Waals surface area contributed by atoms with Crippen LogP contribution in [-0.4, -0.2) is 20.6 Å². The monoisotopic (exact) mass is 346 g/mol. The third-order valence-electron chi connectivity index (χ3n) is 3.84. The molecule has 6 heteroatoms. The van der Waals surface area contributed by atoms with Crippen LogP contribution < -0.4 is 10.0 Å². The highest BCUT2D eigenvalue weighted by Gasteiger charge is 2.16. The first-order valence-corrected chi connectivity index (χ1v) is 9.51. The van der Waals surface area contributed by atoms with Crippen molar-refractivity contribution in [3.63, 3.8) is 0 Å². The lowest BCUT2D eigenvalue weighted by molar-refractivity contribution is 0.0940. The van der Waals surface area contributed by atoms with Crippen LogP contribution in [0.3, 0.4) is 0 Å². The van der Waals surface area contributed by atoms with Gasteiger partial charge in [0.1, 0.15) is 0 Å². The Morgan fingerprint density at radius 1 is 1.04 bits per heavy atom. The van der Waals surface area contributed by atoms with Crippen molar-refractivity contribution in [1.82, 2.24) is 5.32 Å². The predicted octanol–water partition coefficient (Wildman–Crippen LogP) is 3.17. The van der Waals surface area contributed by atoms with Gasteiger partial charge in [0, 0.05) is 5.56 Å². The first-order chi connectivity index (χ1) is 11.2. The van der Waals surface area contributed by atoms with Gasteiger partial charge in [0.05, 0.1) is 18.0 Å². The largest absolute Gasteiger partial charge is 0.345 e. The van der Waals surface area contributed by atoms with E-state index >= 15 is 0 Å². The number of sulfonamides is 1. The standard InChI is InChI=1S/C18H22N2O3S/c1-12-9-10-15(11-13(12)2)18(21)19-14(3)16-7-5-6-8-17(16)20-24(4,22)23/h5-11,14,20H,1-4H3,(H,19,21)/t14-/m0/s1. The molecule has 2 aromatic rings. The zero-order valence-corrected chi connectivity index (χ0v) is 15.1. The molecule has 0 unspecified atom stereocenters. The Labute approximate surface area is 143 Å². The number of nitrogens with one attached hydrogen (secondary N) is 2. The molecule has 0 aliphatic rings. The molecule has 0 aromatic heterocycles. The van der Waals surface area contributed by atoms with Crippen LogP contribution in [-0.2, 0) is 10.0 Å². The van der Waals surface area contributed by atoms with Crippen LogP contribution in [0.4, 0.5) is 5.69 Å². The van der Waals surface area contributed by atoms with E-state index in [1.165, 1.54) is 0 Å². The van der Waals surface area contributed by atoms with Crippen molar-refractivity contribution in [2.75, 3.05) is 11.0 Å². The number of carbonyl (C=O) groups is 1. The minimum absolute atomic E-state index is 0.195. The maximum absolute atomic E-state index is 12.4. The molecular weight excluding hydrogens is 324 g/mol. The van der Waals surface area contributed by atoms with E-state index in [4.69, 9.17) is 0 Å². The van der Waals surface area contributed by atoms with Crippen LogP contribution in [0, 0.1) is 13.8 Å². The van der Waals surface area contributed by atoms with Gasteiger partial charge in [-0.05, 0) is 55.7 Å². The molecule has 0 saturated heterocycles. The van der Waals surface area contributed by atoms with Gasteiger partial charge in [-0.3, -0.25) is 9.52 Å². The molecule has 5 nitrogen and oxygen atoms in total. The predicted molar refractivity (Wildman–Crippen MR) is 96.7 cm³/mol. The van der Waals surface area contributed by atoms with E-state index in [2.05, 4.69) is 10.0 Å². The summed E-state index contributed by atoms with van der Waals surface area (Å²) in [4.78, 5) is 12.4. The van der Waals surface area contributed by atoms with Crippen LogP contribution in [0.2, 0.25) is 0 Å². The van der Waals surface area contributed by atoms with Gasteiger partial charge in [-0.1, -0.05) is 24.3 Å². The SMILES string of the molecule is Cc1ccc(C(=O)N[C@@H](C)c2ccccc2NS(C)(=O)=O)cc1C. The van der Waals surface area contributed by atoms with Gasteiger partial charge >= 0.3 is 0 Å². The van der Waals surface area contributed by atoms with Gasteiger partial charge < -0.3 is 5.32 Å². The summed E-state index contributed by atoms with van der Waals surface area (Å²) in [5.41, 5.74) is 3.93. The molecule has 2 rings (SSSR count). The number of hydrogen-bond acceptors (Lipinski definition) is 3. The molecule has 1 atom stereocenters. The zero-order chi connectivity index (χ0) is 17.9. The average molecular weight is 346 g/mol. The number of hydrogen-bond donors (Lipinski definition) is 2. The fraction of sp³-hybridized carbons (Fsp3) is 0.278. The molecule has 0 fully saturated rings. The molecule has 2 aromatic carbocycles. The van der Waals surface area contributed by atoms with Gasteiger partial charge in [-0.2, -0.15) is 0 Å². The number of aryl methyl sites for hydroxylation is 2. The molecule has 24 heavy (non-hydrogen) atoms. The molecule has 0 saturated carbocycles. The van der Waals surface area contributed by atoms with E-state index < -0.39 is 10.0 Å². The van der Waals surface area contributed by atoms with Gasteiger partial charge in [0.15, 0.2) is 0 Å². The van der Waals surface area contributed by atoms with Crippen molar-refractivity contribution in [2.24, 2.45) is 0 Å². The van der Waals surface area contributed by atoms with E-state index in [0.717, 1.165) is 17.4 Å². The Kier molecular flexibility index (Phi) is 5.29. The van der Waals surface area contributed by atoms with Crippen molar-refractivity contribution in [3.8, 4) is 0 Å². The number of benzene rings is 2. The first kappa shape index (κ1) is 18.0. The molecule has 128 valence electrons. The Morgan fingerprint density at radius 2 is 1.71 bits per heavy atom. The molecule has 0 bridgehead atoms. The third kappa shape index (κ3) is 4.58. The Bertz CT molecular complexity index is 860. The third-order valence-corrected chi connectivity index (χ3v) is 4.43. The molecule has 1 amide bonds. The average Bonchev–Trinajstić information content (AvgIpc) is 2.48. The van der Waals surface area contributed by atoms with Crippen LogP contribution in [0.5, 0.6) is 0 Å². The van der Waals surface area contributed by atoms with Crippen molar-refractivity contribution >= 4 is 21.6 Å². The molecule has 2 N–H and O–H groups in total. The zero-order valence-electron chi connectivity index (χ0n) is 14.3. The lowest BCUT2D eigenvalue weighted by Gasteiger charge is -2.18. The maximum atomic E-state index is 12.4. The van der Waals surface area contributed by atoms with Crippen LogP contribution in [0.1, 0.15) is 40.0 Å². The minimum Gasteiger partial charge on any atom is -0.345 e. The van der Waals surface area contributed by atoms with E-state index in [1.807, 2.05) is 39.0 Å². The van der Waals surface area contributed by atoms with Crippen molar-refractivity contribution in [1.29, 1.82) is 0 Å². The van der Waals surface area contributed by atoms with E-state index in [1.54, 1.807) is 24.3 Å². The number of anilines is 1. The van der Waals surface area contributed by atoms with E-state index in [0.29, 0.717) is 16.8 Å². The number of carbonyl (C=O) groups excluding carboxylic acids is 1. The number of amides is 1. The summed E-state index contributed by atoms with van der Waals surface area (Å²) < 4.78 is 25.5. The highest BCUT2D eigenvalue weighted by atomic mass is 32.2. The summed E-state index contributed by atoms with van der Waals surface area (Å²) >= 11 is 0. The lowest BCUT2D eigenvalue weighted by atomic mass is 10.0. The fourth-order valence-corrected chi connectivity index (χ4v) is 2.99. The van der Waals surface area contributed by atoms with E-state index in [9.17, 15) is 13.2 Å². The summed E-state index contributed by atoms with van der Waals surface area (Å²) in [6, 6.07) is 12.2. The second-order valence-corrected chi connectivity index (χ2v) is 7.70. The molecule has 0 aliphatic carbocycles. The van der Waals surface area contributed by atoms with Crippen molar-refractivity contribution < 1.29 is 13.2 Å². The van der Waals surface area contributed by atoms with Gasteiger partial charge in [-0.25, -0.2) is 8.42 Å². The Hall–Kier alpha value is -2.34. The molecule has 0 aliphatic heterocycles. The topological polar surface area (TPSA) is 75.3 Å². The summed E-state index contributed by atoms with van der Waals surface area (Å²) in [6.45, 7) is 5.77.